The van der Waals surface area contributed by atoms with Crippen LogP contribution in [0.5, 0.6) is 0 Å². The van der Waals surface area contributed by atoms with E-state index in [4.69, 9.17) is 5.73 Å². The summed E-state index contributed by atoms with van der Waals surface area (Å²) in [4.78, 5) is 28.4. The Bertz CT molecular complexity index is 2150. The van der Waals surface area contributed by atoms with Crippen LogP contribution in [0.1, 0.15) is 50.5 Å². The number of hydrogen-bond donors (Lipinski definition) is 1. The Morgan fingerprint density at radius 2 is 1.62 bits per heavy atom. The number of benzene rings is 3. The quantitative estimate of drug-likeness (QED) is 0.0747. The molecule has 3 heterocycles. The number of nitrogens with two attached hydrogens (primary N) is 1. The van der Waals surface area contributed by atoms with Gasteiger partial charge >= 0.3 is 217 Å². The van der Waals surface area contributed by atoms with E-state index in [-0.39, 0.29) is 31.0 Å². The Balaban J connectivity index is 1.71. The molecule has 6 heteroatoms. The Morgan fingerprint density at radius 1 is 0.900 bits per heavy atom. The summed E-state index contributed by atoms with van der Waals surface area (Å²) in [5.41, 5.74) is 5.53. The SMILES string of the molecule is C=CC(C)(C)CCC(C)(C)n1c(=O)c2ccc3c4ccccc4sc4c(C#Cc5ccc(N)[se]5)cc(c1=O)c2c43. The van der Waals surface area contributed by atoms with E-state index in [0.717, 1.165) is 51.9 Å². The molecule has 0 saturated heterocycles. The summed E-state index contributed by atoms with van der Waals surface area (Å²) in [6.45, 7) is 12.2. The third kappa shape index (κ3) is 4.30. The zero-order valence-corrected chi connectivity index (χ0v) is 25.6. The van der Waals surface area contributed by atoms with Gasteiger partial charge in [0.25, 0.3) is 0 Å². The van der Waals surface area contributed by atoms with Crippen molar-refractivity contribution in [2.45, 2.75) is 46.1 Å². The number of anilines is 1. The van der Waals surface area contributed by atoms with Gasteiger partial charge in [-0.25, -0.2) is 0 Å². The van der Waals surface area contributed by atoms with Gasteiger partial charge < -0.3 is 0 Å². The Labute approximate surface area is 242 Å². The van der Waals surface area contributed by atoms with Crippen molar-refractivity contribution in [3.63, 3.8) is 0 Å². The second kappa shape index (κ2) is 9.49. The van der Waals surface area contributed by atoms with Gasteiger partial charge in [-0.3, -0.25) is 0 Å². The molecule has 3 aromatic carbocycles. The molecular formula is C34H30N2O2SSe. The molecule has 0 bridgehead atoms. The number of pyridine rings is 1. The van der Waals surface area contributed by atoms with Crippen LogP contribution in [0.25, 0.3) is 41.7 Å². The van der Waals surface area contributed by atoms with Crippen molar-refractivity contribution in [3.8, 4) is 11.8 Å². The zero-order valence-electron chi connectivity index (χ0n) is 23.1. The van der Waals surface area contributed by atoms with Crippen molar-refractivity contribution in [3.05, 3.63) is 98.0 Å². The molecule has 0 unspecified atom stereocenters. The molecule has 0 radical (unpaired) electrons. The van der Waals surface area contributed by atoms with Crippen molar-refractivity contribution >= 4 is 72.1 Å². The molecule has 0 fully saturated rings. The van der Waals surface area contributed by atoms with Crippen molar-refractivity contribution in [2.24, 2.45) is 5.41 Å². The number of nitrogens with zero attached hydrogens (tertiary/aromatic N) is 1. The second-order valence-corrected chi connectivity index (χ2v) is 15.1. The summed E-state index contributed by atoms with van der Waals surface area (Å²) >= 11 is 1.68. The second-order valence-electron chi connectivity index (χ2n) is 11.7. The van der Waals surface area contributed by atoms with Crippen molar-refractivity contribution in [2.75, 3.05) is 5.73 Å². The molecule has 0 aliphatic heterocycles. The van der Waals surface area contributed by atoms with Gasteiger partial charge in [0.15, 0.2) is 0 Å². The van der Waals surface area contributed by atoms with Crippen LogP contribution in [0.3, 0.4) is 0 Å². The van der Waals surface area contributed by atoms with Crippen LogP contribution < -0.4 is 16.9 Å². The number of aromatic nitrogens is 1. The number of rotatable bonds is 5. The summed E-state index contributed by atoms with van der Waals surface area (Å²) in [5, 5.41) is 4.94. The molecule has 200 valence electrons. The summed E-state index contributed by atoms with van der Waals surface area (Å²) in [6, 6.07) is 18.0. The molecule has 40 heavy (non-hydrogen) atoms. The van der Waals surface area contributed by atoms with Gasteiger partial charge in [-0.05, 0) is 0 Å². The first-order valence-corrected chi connectivity index (χ1v) is 15.8. The van der Waals surface area contributed by atoms with E-state index < -0.39 is 5.54 Å². The third-order valence-corrected chi connectivity index (χ3v) is 10.9. The van der Waals surface area contributed by atoms with E-state index in [1.807, 2.05) is 62.4 Å². The summed E-state index contributed by atoms with van der Waals surface area (Å²) < 4.78 is 5.47. The van der Waals surface area contributed by atoms with Crippen LogP contribution in [-0.2, 0) is 5.54 Å². The van der Waals surface area contributed by atoms with E-state index >= 15 is 0 Å². The van der Waals surface area contributed by atoms with Crippen LogP contribution in [0.2, 0.25) is 0 Å². The molecule has 0 aliphatic carbocycles. The Morgan fingerprint density at radius 3 is 2.35 bits per heavy atom. The predicted octanol–water partition coefficient (Wildman–Crippen LogP) is 7.09. The predicted molar refractivity (Wildman–Crippen MR) is 172 cm³/mol. The van der Waals surface area contributed by atoms with Gasteiger partial charge in [-0.1, -0.05) is 19.9 Å². The fourth-order valence-electron chi connectivity index (χ4n) is 5.47. The Kier molecular flexibility index (Phi) is 6.31. The summed E-state index contributed by atoms with van der Waals surface area (Å²) in [7, 11) is 0. The molecule has 0 spiro atoms. The molecule has 0 amide bonds. The molecule has 4 nitrogen and oxygen atoms in total. The van der Waals surface area contributed by atoms with E-state index in [1.165, 1.54) is 4.57 Å². The standard InChI is InChI=1S/C34H30N2O2SSe/c1-6-33(2,3)17-18-34(4,5)36-31(37)24-15-14-23-22-9-7-8-10-26(22)39-30-20(11-12-21-13-16-27(35)40-21)19-25(32(36)38)28(24)29(23)30/h6-10,13-16,19H,1,17-18,35H2,2-5H3. The number of hydrogen-bond acceptors (Lipinski definition) is 4. The molecule has 3 aromatic heterocycles. The molecule has 6 aromatic rings. The van der Waals surface area contributed by atoms with Crippen LogP contribution in [-0.4, -0.2) is 19.1 Å². The van der Waals surface area contributed by atoms with E-state index in [0.29, 0.717) is 17.2 Å². The first-order valence-electron chi connectivity index (χ1n) is 13.3. The maximum absolute atomic E-state index is 14.3. The van der Waals surface area contributed by atoms with Gasteiger partial charge in [-0.15, -0.1) is 6.58 Å². The van der Waals surface area contributed by atoms with Crippen molar-refractivity contribution < 1.29 is 0 Å². The number of nitrogen functional groups attached to an aromatic ring is 1. The van der Waals surface area contributed by atoms with Crippen molar-refractivity contribution in [1.82, 2.24) is 4.57 Å². The zero-order chi connectivity index (χ0) is 28.4. The average molecular weight is 610 g/mol. The molecule has 0 aliphatic rings. The van der Waals surface area contributed by atoms with Crippen molar-refractivity contribution in [1.29, 1.82) is 0 Å². The van der Waals surface area contributed by atoms with E-state index in [1.54, 1.807) is 11.3 Å². The fraction of sp³-hybridized carbons (Fsp3) is 0.235. The number of allylic oxidation sites excluding steroid dienone is 1. The monoisotopic (exact) mass is 610 g/mol. The number of fused-ring (bicyclic) bond motifs is 2. The van der Waals surface area contributed by atoms with Gasteiger partial charge in [0.05, 0.1) is 0 Å². The molecular weight excluding hydrogens is 579 g/mol. The molecule has 6 rings (SSSR count). The molecule has 0 atom stereocenters. The van der Waals surface area contributed by atoms with Gasteiger partial charge in [0.1, 0.15) is 0 Å². The Hall–Kier alpha value is -3.62. The fourth-order valence-corrected chi connectivity index (χ4v) is 7.97. The van der Waals surface area contributed by atoms with Crippen LogP contribution >= 0.6 is 11.3 Å². The van der Waals surface area contributed by atoms with Crippen LogP contribution in [0, 0.1) is 17.3 Å². The normalized spacial score (nSPS) is 12.4. The summed E-state index contributed by atoms with van der Waals surface area (Å²) in [6.07, 6.45) is 3.41. The van der Waals surface area contributed by atoms with E-state index in [9.17, 15) is 9.59 Å². The minimum atomic E-state index is -0.680. The first-order chi connectivity index (χ1) is 19.0. The van der Waals surface area contributed by atoms with Crippen LogP contribution in [0.15, 0.2) is 76.8 Å². The average Bonchev–Trinajstić information content (AvgIpc) is 3.35. The molecule has 2 N–H and O–H groups in total. The van der Waals surface area contributed by atoms with Gasteiger partial charge in [0.2, 0.25) is 0 Å². The van der Waals surface area contributed by atoms with E-state index in [2.05, 4.69) is 44.4 Å². The van der Waals surface area contributed by atoms with Gasteiger partial charge in [0, 0.05) is 0 Å². The first kappa shape index (κ1) is 26.6. The minimum absolute atomic E-state index is 0.0235. The molecule has 0 saturated carbocycles. The summed E-state index contributed by atoms with van der Waals surface area (Å²) in [5.74, 6) is 6.71. The van der Waals surface area contributed by atoms with Crippen LogP contribution in [0.4, 0.5) is 4.56 Å². The topological polar surface area (TPSA) is 65.1 Å². The maximum atomic E-state index is 14.3. The van der Waals surface area contributed by atoms with Gasteiger partial charge in [-0.2, -0.15) is 0 Å². The third-order valence-electron chi connectivity index (χ3n) is 7.98.